The van der Waals surface area contributed by atoms with E-state index in [1.165, 1.54) is 6.07 Å². The van der Waals surface area contributed by atoms with Gasteiger partial charge in [0, 0.05) is 16.1 Å². The smallest absolute Gasteiger partial charge is 0.131 e. The highest BCUT2D eigenvalue weighted by Crippen LogP contribution is 2.35. The summed E-state index contributed by atoms with van der Waals surface area (Å²) in [5, 5.41) is 0.559. The van der Waals surface area contributed by atoms with Crippen molar-refractivity contribution in [3.05, 3.63) is 52.8 Å². The van der Waals surface area contributed by atoms with Crippen molar-refractivity contribution in [2.75, 3.05) is 7.11 Å². The molecule has 0 atom stereocenters. The molecule has 0 aromatic heterocycles. The number of hydrogen-bond donors (Lipinski definition) is 0. The van der Waals surface area contributed by atoms with Gasteiger partial charge in [-0.15, -0.1) is 0 Å². The van der Waals surface area contributed by atoms with Crippen LogP contribution in [0, 0.1) is 12.7 Å². The molecule has 0 unspecified atom stereocenters. The van der Waals surface area contributed by atoms with Crippen molar-refractivity contribution in [2.45, 2.75) is 6.92 Å². The first kappa shape index (κ1) is 11.9. The van der Waals surface area contributed by atoms with Gasteiger partial charge in [0.15, 0.2) is 0 Å². The molecule has 0 amide bonds. The monoisotopic (exact) mass is 250 g/mol. The second-order valence-corrected chi connectivity index (χ2v) is 4.21. The highest BCUT2D eigenvalue weighted by atomic mass is 35.5. The first-order valence-electron chi connectivity index (χ1n) is 5.22. The molecule has 0 spiro atoms. The molecule has 0 heterocycles. The molecule has 0 saturated heterocycles. The highest BCUT2D eigenvalue weighted by Gasteiger charge is 2.13. The van der Waals surface area contributed by atoms with E-state index in [0.717, 1.165) is 5.56 Å². The van der Waals surface area contributed by atoms with Gasteiger partial charge in [0.1, 0.15) is 11.6 Å². The Balaban J connectivity index is 2.71. The van der Waals surface area contributed by atoms with E-state index in [1.807, 2.05) is 13.0 Å². The van der Waals surface area contributed by atoms with Crippen LogP contribution in [0.1, 0.15) is 5.56 Å². The Morgan fingerprint density at radius 3 is 2.59 bits per heavy atom. The van der Waals surface area contributed by atoms with Crippen molar-refractivity contribution >= 4 is 11.6 Å². The lowest BCUT2D eigenvalue weighted by atomic mass is 9.99. The molecule has 17 heavy (non-hydrogen) atoms. The number of halogens is 2. The molecule has 0 aliphatic carbocycles. The average Bonchev–Trinajstić information content (AvgIpc) is 2.29. The van der Waals surface area contributed by atoms with Gasteiger partial charge >= 0.3 is 0 Å². The molecule has 2 rings (SSSR count). The molecule has 2 aromatic rings. The van der Waals surface area contributed by atoms with Gasteiger partial charge in [-0.25, -0.2) is 4.39 Å². The van der Waals surface area contributed by atoms with Crippen LogP contribution in [0.4, 0.5) is 4.39 Å². The zero-order valence-electron chi connectivity index (χ0n) is 9.63. The van der Waals surface area contributed by atoms with Gasteiger partial charge in [-0.1, -0.05) is 23.7 Å². The molecule has 0 fully saturated rings. The van der Waals surface area contributed by atoms with Crippen LogP contribution in [0.5, 0.6) is 5.75 Å². The van der Waals surface area contributed by atoms with Crippen LogP contribution in [0.15, 0.2) is 36.4 Å². The SMILES string of the molecule is COc1ccc(Cl)cc1-c1c(C)cccc1F. The molecule has 0 N–H and O–H groups in total. The summed E-state index contributed by atoms with van der Waals surface area (Å²) in [5.41, 5.74) is 2.06. The molecular formula is C14H12ClFO. The van der Waals surface area contributed by atoms with E-state index < -0.39 is 0 Å². The van der Waals surface area contributed by atoms with E-state index in [-0.39, 0.29) is 5.82 Å². The number of methoxy groups -OCH3 is 1. The number of rotatable bonds is 2. The van der Waals surface area contributed by atoms with Crippen LogP contribution in [-0.2, 0) is 0 Å². The van der Waals surface area contributed by atoms with Gasteiger partial charge in [-0.3, -0.25) is 0 Å². The normalized spacial score (nSPS) is 10.4. The van der Waals surface area contributed by atoms with Crippen LogP contribution in [0.3, 0.4) is 0 Å². The van der Waals surface area contributed by atoms with Crippen molar-refractivity contribution in [3.8, 4) is 16.9 Å². The van der Waals surface area contributed by atoms with E-state index in [1.54, 1.807) is 31.4 Å². The Hall–Kier alpha value is -1.54. The van der Waals surface area contributed by atoms with Crippen molar-refractivity contribution in [3.63, 3.8) is 0 Å². The van der Waals surface area contributed by atoms with Crippen molar-refractivity contribution in [1.29, 1.82) is 0 Å². The summed E-state index contributed by atoms with van der Waals surface area (Å²) < 4.78 is 19.1. The van der Waals surface area contributed by atoms with Crippen LogP contribution < -0.4 is 4.74 Å². The van der Waals surface area contributed by atoms with E-state index in [4.69, 9.17) is 16.3 Å². The summed E-state index contributed by atoms with van der Waals surface area (Å²) in [6, 6.07) is 10.2. The van der Waals surface area contributed by atoms with Gasteiger partial charge < -0.3 is 4.74 Å². The minimum absolute atomic E-state index is 0.273. The largest absolute Gasteiger partial charge is 0.496 e. The second-order valence-electron chi connectivity index (χ2n) is 3.78. The van der Waals surface area contributed by atoms with E-state index in [2.05, 4.69) is 0 Å². The first-order chi connectivity index (χ1) is 8.13. The Kier molecular flexibility index (Phi) is 3.34. The topological polar surface area (TPSA) is 9.23 Å². The predicted molar refractivity (Wildman–Crippen MR) is 68.1 cm³/mol. The molecule has 0 bridgehead atoms. The van der Waals surface area contributed by atoms with Crippen LogP contribution >= 0.6 is 11.6 Å². The van der Waals surface area contributed by atoms with Gasteiger partial charge in [0.25, 0.3) is 0 Å². The molecule has 0 radical (unpaired) electrons. The van der Waals surface area contributed by atoms with Crippen LogP contribution in [0.2, 0.25) is 5.02 Å². The summed E-state index contributed by atoms with van der Waals surface area (Å²) in [7, 11) is 1.56. The summed E-state index contributed by atoms with van der Waals surface area (Å²) in [5.74, 6) is 0.341. The van der Waals surface area contributed by atoms with Gasteiger partial charge in [-0.2, -0.15) is 0 Å². The lowest BCUT2D eigenvalue weighted by molar-refractivity contribution is 0.416. The fourth-order valence-corrected chi connectivity index (χ4v) is 2.02. The Morgan fingerprint density at radius 2 is 1.94 bits per heavy atom. The second kappa shape index (κ2) is 4.76. The average molecular weight is 251 g/mol. The zero-order chi connectivity index (χ0) is 12.4. The van der Waals surface area contributed by atoms with Gasteiger partial charge in [-0.05, 0) is 36.8 Å². The Labute approximate surface area is 105 Å². The van der Waals surface area contributed by atoms with E-state index >= 15 is 0 Å². The van der Waals surface area contributed by atoms with E-state index in [9.17, 15) is 4.39 Å². The summed E-state index contributed by atoms with van der Waals surface area (Å²) in [6.45, 7) is 1.86. The van der Waals surface area contributed by atoms with Crippen LogP contribution in [-0.4, -0.2) is 7.11 Å². The van der Waals surface area contributed by atoms with Gasteiger partial charge in [0.05, 0.1) is 7.11 Å². The van der Waals surface area contributed by atoms with Crippen molar-refractivity contribution in [2.24, 2.45) is 0 Å². The third-order valence-corrected chi connectivity index (χ3v) is 2.89. The fraction of sp³-hybridized carbons (Fsp3) is 0.143. The third kappa shape index (κ3) is 2.27. The maximum atomic E-state index is 13.9. The van der Waals surface area contributed by atoms with Crippen molar-refractivity contribution < 1.29 is 9.13 Å². The maximum Gasteiger partial charge on any atom is 0.131 e. The number of benzene rings is 2. The maximum absolute atomic E-state index is 13.9. The van der Waals surface area contributed by atoms with Crippen LogP contribution in [0.25, 0.3) is 11.1 Å². The Morgan fingerprint density at radius 1 is 1.18 bits per heavy atom. The quantitative estimate of drug-likeness (QED) is 0.765. The minimum Gasteiger partial charge on any atom is -0.496 e. The zero-order valence-corrected chi connectivity index (χ0v) is 10.4. The molecule has 3 heteroatoms. The van der Waals surface area contributed by atoms with Gasteiger partial charge in [0.2, 0.25) is 0 Å². The van der Waals surface area contributed by atoms with Crippen molar-refractivity contribution in [1.82, 2.24) is 0 Å². The molecule has 88 valence electrons. The summed E-state index contributed by atoms with van der Waals surface area (Å²) >= 11 is 5.95. The number of ether oxygens (including phenoxy) is 1. The molecule has 0 saturated carbocycles. The molecule has 2 aromatic carbocycles. The lowest BCUT2D eigenvalue weighted by Gasteiger charge is -2.12. The first-order valence-corrected chi connectivity index (χ1v) is 5.60. The lowest BCUT2D eigenvalue weighted by Crippen LogP contribution is -1.93. The predicted octanol–water partition coefficient (Wildman–Crippen LogP) is 4.46. The Bertz CT molecular complexity index is 532. The summed E-state index contributed by atoms with van der Waals surface area (Å²) in [4.78, 5) is 0. The minimum atomic E-state index is -0.273. The molecule has 0 aliphatic heterocycles. The highest BCUT2D eigenvalue weighted by molar-refractivity contribution is 6.31. The standard InChI is InChI=1S/C14H12ClFO/c1-9-4-3-5-12(16)14(9)11-8-10(15)6-7-13(11)17-2/h3-8H,1-2H3. The third-order valence-electron chi connectivity index (χ3n) is 2.65. The molecular weight excluding hydrogens is 239 g/mol. The fourth-order valence-electron chi connectivity index (χ4n) is 1.85. The molecule has 1 nitrogen and oxygen atoms in total. The number of hydrogen-bond acceptors (Lipinski definition) is 1. The number of aryl methyl sites for hydroxylation is 1. The molecule has 0 aliphatic rings. The van der Waals surface area contributed by atoms with E-state index in [0.29, 0.717) is 21.9 Å². The summed E-state index contributed by atoms with van der Waals surface area (Å²) in [6.07, 6.45) is 0.